The molecule has 15 heavy (non-hydrogen) atoms. The summed E-state index contributed by atoms with van der Waals surface area (Å²) in [7, 11) is 0. The molecule has 0 fully saturated rings. The minimum atomic E-state index is -2.17. The van der Waals surface area contributed by atoms with Gasteiger partial charge in [-0.2, -0.15) is 0 Å². The van der Waals surface area contributed by atoms with Crippen molar-refractivity contribution < 1.29 is 5.11 Å². The number of hydrogen-bond acceptors (Lipinski definition) is 1. The fraction of sp³-hybridized carbons (Fsp3) is 1.00. The Morgan fingerprint density at radius 2 is 1.07 bits per heavy atom. The molecular formula is C13H29OSn-. The predicted octanol–water partition coefficient (Wildman–Crippen LogP) is 3.74. The third kappa shape index (κ3) is 6.83. The Hall–Kier alpha value is 0.759. The van der Waals surface area contributed by atoms with Crippen LogP contribution in [0.1, 0.15) is 59.3 Å². The van der Waals surface area contributed by atoms with Gasteiger partial charge in [-0.25, -0.2) is 0 Å². The maximum absolute atomic E-state index is 11.6. The molecule has 0 bridgehead atoms. The van der Waals surface area contributed by atoms with E-state index in [1.807, 2.05) is 0 Å². The third-order valence-electron chi connectivity index (χ3n) is 3.49. The molecule has 0 aliphatic carbocycles. The van der Waals surface area contributed by atoms with Gasteiger partial charge in [0.05, 0.1) is 0 Å². The van der Waals surface area contributed by atoms with E-state index < -0.39 is 18.4 Å². The first-order valence-electron chi connectivity index (χ1n) is 6.82. The van der Waals surface area contributed by atoms with E-state index in [9.17, 15) is 5.11 Å². The van der Waals surface area contributed by atoms with Crippen LogP contribution in [0.15, 0.2) is 0 Å². The van der Waals surface area contributed by atoms with Crippen molar-refractivity contribution in [1.82, 2.24) is 0 Å². The maximum atomic E-state index is 11.6. The van der Waals surface area contributed by atoms with Crippen LogP contribution in [0.25, 0.3) is 0 Å². The van der Waals surface area contributed by atoms with Crippen molar-refractivity contribution in [2.75, 3.05) is 4.62 Å². The van der Waals surface area contributed by atoms with Crippen LogP contribution < -0.4 is 5.11 Å². The fourth-order valence-corrected chi connectivity index (χ4v) is 15.1. The van der Waals surface area contributed by atoms with Crippen LogP contribution in [0.5, 0.6) is 0 Å². The molecule has 0 N–H and O–H groups in total. The van der Waals surface area contributed by atoms with E-state index in [2.05, 4.69) is 20.8 Å². The van der Waals surface area contributed by atoms with E-state index >= 15 is 0 Å². The van der Waals surface area contributed by atoms with Crippen molar-refractivity contribution in [1.29, 1.82) is 0 Å². The summed E-state index contributed by atoms with van der Waals surface area (Å²) in [5.74, 6) is 0. The van der Waals surface area contributed by atoms with Crippen molar-refractivity contribution >= 4 is 18.4 Å². The van der Waals surface area contributed by atoms with Gasteiger partial charge in [-0.3, -0.25) is 0 Å². The normalized spacial score (nSPS) is 12.0. The van der Waals surface area contributed by atoms with Crippen molar-refractivity contribution in [3.63, 3.8) is 0 Å². The molecule has 0 spiro atoms. The Labute approximate surface area is 101 Å². The van der Waals surface area contributed by atoms with E-state index in [-0.39, 0.29) is 0 Å². The Balaban J connectivity index is 4.16. The van der Waals surface area contributed by atoms with Crippen LogP contribution >= 0.6 is 0 Å². The van der Waals surface area contributed by atoms with Crippen LogP contribution in [0.2, 0.25) is 13.3 Å². The summed E-state index contributed by atoms with van der Waals surface area (Å²) in [6, 6.07) is 0. The van der Waals surface area contributed by atoms with Gasteiger partial charge in [-0.05, 0) is 0 Å². The summed E-state index contributed by atoms with van der Waals surface area (Å²) in [5, 5.41) is 11.6. The van der Waals surface area contributed by atoms with Gasteiger partial charge in [0.25, 0.3) is 0 Å². The molecule has 0 atom stereocenters. The van der Waals surface area contributed by atoms with Crippen LogP contribution in [0, 0.1) is 0 Å². The first kappa shape index (κ1) is 15.8. The second-order valence-electron chi connectivity index (χ2n) is 4.95. The molecule has 0 aromatic heterocycles. The topological polar surface area (TPSA) is 23.1 Å². The molecule has 0 radical (unpaired) electrons. The summed E-state index contributed by atoms with van der Waals surface area (Å²) >= 11 is -2.17. The summed E-state index contributed by atoms with van der Waals surface area (Å²) in [4.78, 5) is 0. The van der Waals surface area contributed by atoms with E-state index in [1.54, 1.807) is 0 Å². The molecule has 0 rings (SSSR count). The summed E-state index contributed by atoms with van der Waals surface area (Å²) in [5.41, 5.74) is 0. The zero-order valence-corrected chi connectivity index (χ0v) is 13.8. The van der Waals surface area contributed by atoms with E-state index in [0.717, 1.165) is 0 Å². The molecule has 0 aliphatic rings. The molecule has 1 nitrogen and oxygen atoms in total. The molecule has 0 aliphatic heterocycles. The minimum absolute atomic E-state index is 0.356. The van der Waals surface area contributed by atoms with Gasteiger partial charge in [0.15, 0.2) is 0 Å². The first-order chi connectivity index (χ1) is 7.24. The molecule has 0 saturated heterocycles. The average molecular weight is 320 g/mol. The van der Waals surface area contributed by atoms with Crippen molar-refractivity contribution in [3.05, 3.63) is 0 Å². The van der Waals surface area contributed by atoms with Crippen LogP contribution in [-0.4, -0.2) is 23.0 Å². The van der Waals surface area contributed by atoms with Crippen LogP contribution in [-0.2, 0) is 0 Å². The van der Waals surface area contributed by atoms with Crippen LogP contribution in [0.3, 0.4) is 0 Å². The third-order valence-corrected chi connectivity index (χ3v) is 17.3. The first-order valence-corrected chi connectivity index (χ1v) is 14.9. The number of hydrogen-bond donors (Lipinski definition) is 0. The van der Waals surface area contributed by atoms with Crippen LogP contribution in [0.4, 0.5) is 0 Å². The van der Waals surface area contributed by atoms with Gasteiger partial charge in [0.1, 0.15) is 0 Å². The molecule has 0 saturated carbocycles. The van der Waals surface area contributed by atoms with Gasteiger partial charge in [0, 0.05) is 0 Å². The summed E-state index contributed by atoms with van der Waals surface area (Å²) in [6.07, 6.45) is 7.80. The second-order valence-corrected chi connectivity index (χ2v) is 18.6. The predicted molar refractivity (Wildman–Crippen MR) is 69.8 cm³/mol. The van der Waals surface area contributed by atoms with Crippen molar-refractivity contribution in [3.8, 4) is 0 Å². The van der Waals surface area contributed by atoms with E-state index in [1.165, 1.54) is 51.8 Å². The SMILES string of the molecule is CCC[CH2][Sn]([CH2][O-])([CH2]CCC)[CH2]CCC. The molecular weight excluding hydrogens is 291 g/mol. The average Bonchev–Trinajstić information content (AvgIpc) is 2.29. The van der Waals surface area contributed by atoms with Gasteiger partial charge in [0.2, 0.25) is 0 Å². The Morgan fingerprint density at radius 1 is 0.733 bits per heavy atom. The monoisotopic (exact) mass is 321 g/mol. The Morgan fingerprint density at radius 3 is 1.27 bits per heavy atom. The molecule has 92 valence electrons. The Kier molecular flexibility index (Phi) is 10.5. The molecule has 0 heterocycles. The molecule has 2 heteroatoms. The van der Waals surface area contributed by atoms with Crippen molar-refractivity contribution in [2.24, 2.45) is 0 Å². The number of rotatable bonds is 10. The van der Waals surface area contributed by atoms with Crippen molar-refractivity contribution in [2.45, 2.75) is 72.6 Å². The summed E-state index contributed by atoms with van der Waals surface area (Å²) in [6.45, 7) is 6.75. The zero-order chi connectivity index (χ0) is 11.6. The second kappa shape index (κ2) is 9.95. The Bertz CT molecular complexity index is 115. The van der Waals surface area contributed by atoms with Gasteiger partial charge in [-0.1, -0.05) is 0 Å². The summed E-state index contributed by atoms with van der Waals surface area (Å²) < 4.78 is 4.46. The standard InChI is InChI=1S/3C4H9.CH2O.Sn/c3*1-3-4-2;1-2;/h3*1,3-4H2,2H3;1H2;/q;;;-1;. The molecule has 0 unspecified atom stereocenters. The van der Waals surface area contributed by atoms with Gasteiger partial charge >= 0.3 is 101 Å². The van der Waals surface area contributed by atoms with E-state index in [0.29, 0.717) is 4.62 Å². The quantitative estimate of drug-likeness (QED) is 0.563. The number of unbranched alkanes of at least 4 members (excludes halogenated alkanes) is 3. The molecule has 0 aromatic rings. The fourth-order valence-electron chi connectivity index (χ4n) is 2.25. The van der Waals surface area contributed by atoms with E-state index in [4.69, 9.17) is 0 Å². The zero-order valence-electron chi connectivity index (χ0n) is 11.0. The van der Waals surface area contributed by atoms with Gasteiger partial charge < -0.3 is 0 Å². The molecule has 0 amide bonds. The molecule has 0 aromatic carbocycles. The van der Waals surface area contributed by atoms with Gasteiger partial charge in [-0.15, -0.1) is 0 Å².